The molecule has 0 saturated heterocycles. The Morgan fingerprint density at radius 1 is 0.833 bits per heavy atom. The van der Waals surface area contributed by atoms with Crippen molar-refractivity contribution in [3.05, 3.63) is 67.6 Å². The van der Waals surface area contributed by atoms with Gasteiger partial charge in [-0.25, -0.2) is 5.11 Å². The maximum Gasteiger partial charge on any atom is 0.147 e. The van der Waals surface area contributed by atoms with Gasteiger partial charge in [-0.3, -0.25) is 0 Å². The van der Waals surface area contributed by atoms with Crippen LogP contribution >= 0.6 is 46.4 Å². The third-order valence-electron chi connectivity index (χ3n) is 2.51. The first-order valence-electron chi connectivity index (χ1n) is 5.05. The summed E-state index contributed by atoms with van der Waals surface area (Å²) in [5, 5.41) is 13.8. The number of halogens is 4. The number of hydrogen-bond acceptors (Lipinski definition) is 0. The average Bonchev–Trinajstić information content (AvgIpc) is 2.28. The molecule has 18 heavy (non-hydrogen) atoms. The van der Waals surface area contributed by atoms with Gasteiger partial charge in [0, 0.05) is 31.2 Å². The summed E-state index contributed by atoms with van der Waals surface area (Å²) in [5.74, 6) is 0. The van der Waals surface area contributed by atoms with Gasteiger partial charge in [0.25, 0.3) is 0 Å². The maximum atomic E-state index is 12.4. The molecule has 0 fully saturated rings. The van der Waals surface area contributed by atoms with Gasteiger partial charge in [0.1, 0.15) is 6.10 Å². The fraction of sp³-hybridized carbons (Fsp3) is 0.0769. The molecule has 2 aromatic carbocycles. The van der Waals surface area contributed by atoms with E-state index in [9.17, 15) is 5.11 Å². The molecule has 0 spiro atoms. The van der Waals surface area contributed by atoms with Crippen LogP contribution in [0.5, 0.6) is 0 Å². The SMILES string of the molecule is [O]C(c1ccc(Cl)cc1Cl)c1c(Cl)cccc1Cl. The first-order chi connectivity index (χ1) is 8.50. The summed E-state index contributed by atoms with van der Waals surface area (Å²) >= 11 is 23.8. The lowest BCUT2D eigenvalue weighted by Gasteiger charge is -2.14. The molecule has 93 valence electrons. The van der Waals surface area contributed by atoms with E-state index in [4.69, 9.17) is 46.4 Å². The Morgan fingerprint density at radius 2 is 1.44 bits per heavy atom. The largest absolute Gasteiger partial charge is 0.222 e. The molecule has 0 aromatic heterocycles. The van der Waals surface area contributed by atoms with Crippen LogP contribution in [0.2, 0.25) is 20.1 Å². The third-order valence-corrected chi connectivity index (χ3v) is 3.73. The van der Waals surface area contributed by atoms with E-state index in [2.05, 4.69) is 0 Å². The Kier molecular flexibility index (Phi) is 4.41. The molecule has 5 heteroatoms. The summed E-state index contributed by atoms with van der Waals surface area (Å²) in [7, 11) is 0. The van der Waals surface area contributed by atoms with Crippen molar-refractivity contribution in [3.8, 4) is 0 Å². The molecule has 2 aromatic rings. The van der Waals surface area contributed by atoms with Crippen molar-refractivity contribution in [1.82, 2.24) is 0 Å². The fourth-order valence-electron chi connectivity index (χ4n) is 1.63. The van der Waals surface area contributed by atoms with Crippen LogP contribution in [0.15, 0.2) is 36.4 Å². The predicted molar refractivity (Wildman–Crippen MR) is 75.5 cm³/mol. The number of rotatable bonds is 2. The molecule has 0 saturated carbocycles. The Balaban J connectivity index is 2.51. The van der Waals surface area contributed by atoms with Crippen molar-refractivity contribution in [2.24, 2.45) is 0 Å². The van der Waals surface area contributed by atoms with Gasteiger partial charge in [0.05, 0.1) is 0 Å². The normalized spacial score (nSPS) is 12.5. The van der Waals surface area contributed by atoms with E-state index in [1.54, 1.807) is 30.3 Å². The van der Waals surface area contributed by atoms with Gasteiger partial charge < -0.3 is 0 Å². The highest BCUT2D eigenvalue weighted by Gasteiger charge is 2.21. The smallest absolute Gasteiger partial charge is 0.147 e. The second kappa shape index (κ2) is 5.68. The van der Waals surface area contributed by atoms with E-state index in [1.807, 2.05) is 0 Å². The minimum absolute atomic E-state index is 0.304. The molecule has 1 nitrogen and oxygen atoms in total. The molecule has 1 radical (unpaired) electrons. The topological polar surface area (TPSA) is 19.9 Å². The van der Waals surface area contributed by atoms with Crippen LogP contribution in [-0.4, -0.2) is 0 Å². The van der Waals surface area contributed by atoms with Gasteiger partial charge in [-0.1, -0.05) is 58.5 Å². The summed E-state index contributed by atoms with van der Waals surface area (Å²) in [6, 6.07) is 9.65. The summed E-state index contributed by atoms with van der Waals surface area (Å²) < 4.78 is 0. The van der Waals surface area contributed by atoms with Crippen LogP contribution in [0.4, 0.5) is 0 Å². The lowest BCUT2D eigenvalue weighted by molar-refractivity contribution is 0.125. The Bertz CT molecular complexity index is 563. The molecule has 1 atom stereocenters. The zero-order chi connectivity index (χ0) is 13.3. The second-order valence-electron chi connectivity index (χ2n) is 3.68. The molecule has 0 aliphatic heterocycles. The molecule has 0 aliphatic carbocycles. The molecule has 1 unspecified atom stereocenters. The van der Waals surface area contributed by atoms with E-state index < -0.39 is 6.10 Å². The van der Waals surface area contributed by atoms with E-state index >= 15 is 0 Å². The molecular weight excluding hydrogens is 314 g/mol. The first-order valence-corrected chi connectivity index (χ1v) is 6.56. The standard InChI is InChI=1S/C13H7Cl4O/c14-7-4-5-8(11(17)6-7)13(18)12-9(15)2-1-3-10(12)16/h1-6,13H. The maximum absolute atomic E-state index is 12.4. The number of benzene rings is 2. The summed E-state index contributed by atoms with van der Waals surface area (Å²) in [4.78, 5) is 0. The van der Waals surface area contributed by atoms with Crippen LogP contribution < -0.4 is 0 Å². The van der Waals surface area contributed by atoms with Gasteiger partial charge in [-0.15, -0.1) is 0 Å². The van der Waals surface area contributed by atoms with E-state index in [1.165, 1.54) is 6.07 Å². The highest BCUT2D eigenvalue weighted by Crippen LogP contribution is 2.37. The van der Waals surface area contributed by atoms with Gasteiger partial charge >= 0.3 is 0 Å². The lowest BCUT2D eigenvalue weighted by atomic mass is 10.0. The first kappa shape index (κ1) is 14.0. The quantitative estimate of drug-likeness (QED) is 0.664. The van der Waals surface area contributed by atoms with Crippen LogP contribution in [-0.2, 0) is 5.11 Å². The van der Waals surface area contributed by atoms with E-state index in [0.717, 1.165) is 0 Å². The molecule has 0 heterocycles. The minimum atomic E-state index is -1.24. The predicted octanol–water partition coefficient (Wildman–Crippen LogP) is 5.82. The van der Waals surface area contributed by atoms with Gasteiger partial charge in [-0.2, -0.15) is 0 Å². The van der Waals surface area contributed by atoms with Crippen molar-refractivity contribution in [1.29, 1.82) is 0 Å². The van der Waals surface area contributed by atoms with Crippen molar-refractivity contribution >= 4 is 46.4 Å². The second-order valence-corrected chi connectivity index (χ2v) is 5.34. The summed E-state index contributed by atoms with van der Waals surface area (Å²) in [5.41, 5.74) is 0.723. The third kappa shape index (κ3) is 2.76. The lowest BCUT2D eigenvalue weighted by Crippen LogP contribution is -2.01. The van der Waals surface area contributed by atoms with Crippen molar-refractivity contribution in [3.63, 3.8) is 0 Å². The van der Waals surface area contributed by atoms with Gasteiger partial charge in [0.15, 0.2) is 0 Å². The molecule has 0 N–H and O–H groups in total. The van der Waals surface area contributed by atoms with Gasteiger partial charge in [0.2, 0.25) is 0 Å². The zero-order valence-corrected chi connectivity index (χ0v) is 12.0. The van der Waals surface area contributed by atoms with Crippen LogP contribution in [0.25, 0.3) is 0 Å². The monoisotopic (exact) mass is 319 g/mol. The fourth-order valence-corrected chi connectivity index (χ4v) is 2.73. The van der Waals surface area contributed by atoms with Crippen LogP contribution in [0.3, 0.4) is 0 Å². The van der Waals surface area contributed by atoms with E-state index in [-0.39, 0.29) is 0 Å². The Hall–Kier alpha value is -0.440. The van der Waals surface area contributed by atoms with Crippen molar-refractivity contribution in [2.75, 3.05) is 0 Å². The molecule has 2 rings (SSSR count). The molecular formula is C13H7Cl4O. The molecule has 0 aliphatic rings. The van der Waals surface area contributed by atoms with E-state index in [0.29, 0.717) is 31.2 Å². The van der Waals surface area contributed by atoms with Crippen LogP contribution in [0, 0.1) is 0 Å². The zero-order valence-electron chi connectivity index (χ0n) is 8.96. The average molecular weight is 321 g/mol. The number of hydrogen-bond donors (Lipinski definition) is 0. The van der Waals surface area contributed by atoms with Crippen molar-refractivity contribution in [2.45, 2.75) is 6.10 Å². The van der Waals surface area contributed by atoms with Gasteiger partial charge in [-0.05, 0) is 24.3 Å². The molecule has 0 amide bonds. The highest BCUT2D eigenvalue weighted by molar-refractivity contribution is 6.36. The summed E-state index contributed by atoms with van der Waals surface area (Å²) in [6.07, 6.45) is -1.24. The Morgan fingerprint density at radius 3 is 2.00 bits per heavy atom. The molecule has 0 bridgehead atoms. The van der Waals surface area contributed by atoms with Crippen molar-refractivity contribution < 1.29 is 5.11 Å². The minimum Gasteiger partial charge on any atom is -0.222 e. The summed E-state index contributed by atoms with van der Waals surface area (Å²) in [6.45, 7) is 0. The Labute approximate surface area is 125 Å². The van der Waals surface area contributed by atoms with Crippen LogP contribution in [0.1, 0.15) is 17.2 Å². The highest BCUT2D eigenvalue weighted by atomic mass is 35.5.